The van der Waals surface area contributed by atoms with Crippen LogP contribution in [0.15, 0.2) is 23.8 Å². The third-order valence-electron chi connectivity index (χ3n) is 2.11. The molecule has 0 aromatic heterocycles. The lowest BCUT2D eigenvalue weighted by atomic mass is 10.0. The van der Waals surface area contributed by atoms with Gasteiger partial charge in [-0.15, -0.1) is 11.6 Å². The van der Waals surface area contributed by atoms with Crippen LogP contribution in [0, 0.1) is 0 Å². The fourth-order valence-electron chi connectivity index (χ4n) is 1.23. The van der Waals surface area contributed by atoms with Crippen molar-refractivity contribution in [2.24, 2.45) is 0 Å². The van der Waals surface area contributed by atoms with Gasteiger partial charge in [-0.3, -0.25) is 0 Å². The molecule has 0 amide bonds. The Morgan fingerprint density at radius 1 is 1.64 bits per heavy atom. The molecule has 82 valence electrons. The summed E-state index contributed by atoms with van der Waals surface area (Å²) in [7, 11) is 1.68. The van der Waals surface area contributed by atoms with Crippen molar-refractivity contribution in [1.29, 1.82) is 0 Å². The Labute approximate surface area is 91.2 Å². The van der Waals surface area contributed by atoms with Crippen molar-refractivity contribution >= 4 is 11.6 Å². The summed E-state index contributed by atoms with van der Waals surface area (Å²) in [4.78, 5) is 0. The Morgan fingerprint density at radius 3 is 2.64 bits per heavy atom. The van der Waals surface area contributed by atoms with E-state index < -0.39 is 0 Å². The number of hydrogen-bond donors (Lipinski definition) is 1. The molecule has 0 radical (unpaired) electrons. The second kappa shape index (κ2) is 8.04. The summed E-state index contributed by atoms with van der Waals surface area (Å²) >= 11 is 5.71. The molecule has 1 N–H and O–H groups in total. The van der Waals surface area contributed by atoms with Crippen LogP contribution in [0.3, 0.4) is 0 Å². The lowest BCUT2D eigenvalue weighted by molar-refractivity contribution is 0.125. The maximum Gasteiger partial charge on any atom is 0.0779 e. The third-order valence-corrected chi connectivity index (χ3v) is 2.46. The topological polar surface area (TPSA) is 29.5 Å². The van der Waals surface area contributed by atoms with Crippen LogP contribution in [-0.4, -0.2) is 30.8 Å². The monoisotopic (exact) mass is 218 g/mol. The zero-order chi connectivity index (χ0) is 11.0. The second-order valence-electron chi connectivity index (χ2n) is 3.29. The molecule has 1 unspecified atom stereocenters. The van der Waals surface area contributed by atoms with E-state index in [0.29, 0.717) is 5.88 Å². The summed E-state index contributed by atoms with van der Waals surface area (Å²) in [5, 5.41) is 8.72. The number of methoxy groups -OCH3 is 1. The predicted molar refractivity (Wildman–Crippen MR) is 60.7 cm³/mol. The number of hydrogen-bond acceptors (Lipinski definition) is 2. The van der Waals surface area contributed by atoms with E-state index in [1.54, 1.807) is 13.2 Å². The Bertz CT molecular complexity index is 199. The molecule has 0 aliphatic rings. The van der Waals surface area contributed by atoms with Crippen molar-refractivity contribution in [3.05, 3.63) is 23.8 Å². The molecule has 0 aromatic rings. The third kappa shape index (κ3) is 5.43. The van der Waals surface area contributed by atoms with Crippen LogP contribution in [-0.2, 0) is 4.74 Å². The zero-order valence-electron chi connectivity index (χ0n) is 8.92. The Balaban J connectivity index is 4.00. The smallest absolute Gasteiger partial charge is 0.0779 e. The molecule has 1 atom stereocenters. The van der Waals surface area contributed by atoms with Gasteiger partial charge in [-0.2, -0.15) is 0 Å². The van der Waals surface area contributed by atoms with Gasteiger partial charge in [0, 0.05) is 13.0 Å². The van der Waals surface area contributed by atoms with Gasteiger partial charge in [-0.05, 0) is 19.8 Å². The Hall–Kier alpha value is -0.310. The van der Waals surface area contributed by atoms with Crippen LogP contribution in [0.1, 0.15) is 19.8 Å². The minimum Gasteiger partial charge on any atom is -0.392 e. The van der Waals surface area contributed by atoms with E-state index in [1.165, 1.54) is 0 Å². The number of rotatable bonds is 7. The molecule has 0 rings (SSSR count). The molecular weight excluding hydrogens is 200 g/mol. The normalized spacial score (nSPS) is 14.1. The fraction of sp³-hybridized carbons (Fsp3) is 0.636. The molecule has 0 aliphatic carbocycles. The predicted octanol–water partition coefficient (Wildman–Crippen LogP) is 2.52. The number of halogens is 1. The first kappa shape index (κ1) is 13.7. The molecule has 0 spiro atoms. The van der Waals surface area contributed by atoms with Crippen LogP contribution in [0.5, 0.6) is 0 Å². The van der Waals surface area contributed by atoms with E-state index in [2.05, 4.69) is 6.58 Å². The minimum absolute atomic E-state index is 0.0484. The molecule has 0 aromatic carbocycles. The van der Waals surface area contributed by atoms with Crippen LogP contribution in [0.2, 0.25) is 0 Å². The molecule has 0 bridgehead atoms. The van der Waals surface area contributed by atoms with Crippen molar-refractivity contribution in [3.63, 3.8) is 0 Å². The Morgan fingerprint density at radius 2 is 2.29 bits per heavy atom. The largest absolute Gasteiger partial charge is 0.392 e. The van der Waals surface area contributed by atoms with Crippen molar-refractivity contribution < 1.29 is 9.84 Å². The first-order valence-electron chi connectivity index (χ1n) is 4.68. The van der Waals surface area contributed by atoms with Gasteiger partial charge in [-0.1, -0.05) is 23.8 Å². The van der Waals surface area contributed by atoms with E-state index >= 15 is 0 Å². The van der Waals surface area contributed by atoms with E-state index in [0.717, 1.165) is 24.0 Å². The van der Waals surface area contributed by atoms with Crippen LogP contribution >= 0.6 is 11.6 Å². The molecule has 0 saturated heterocycles. The van der Waals surface area contributed by atoms with Gasteiger partial charge in [0.2, 0.25) is 0 Å². The minimum atomic E-state index is 0.0484. The lowest BCUT2D eigenvalue weighted by Gasteiger charge is -2.15. The maximum atomic E-state index is 8.72. The van der Waals surface area contributed by atoms with Crippen molar-refractivity contribution in [1.82, 2.24) is 0 Å². The molecule has 0 fully saturated rings. The van der Waals surface area contributed by atoms with Crippen LogP contribution in [0.4, 0.5) is 0 Å². The van der Waals surface area contributed by atoms with E-state index in [-0.39, 0.29) is 12.7 Å². The summed E-state index contributed by atoms with van der Waals surface area (Å²) in [5.74, 6) is 0.465. The molecule has 0 heterocycles. The molecular formula is C11H19ClO2. The summed E-state index contributed by atoms with van der Waals surface area (Å²) in [6, 6.07) is 0. The average molecular weight is 219 g/mol. The highest BCUT2D eigenvalue weighted by Gasteiger charge is 2.08. The number of ether oxygens (including phenoxy) is 1. The van der Waals surface area contributed by atoms with Gasteiger partial charge < -0.3 is 9.84 Å². The molecule has 0 aliphatic heterocycles. The first-order valence-corrected chi connectivity index (χ1v) is 5.22. The molecule has 0 saturated carbocycles. The lowest BCUT2D eigenvalue weighted by Crippen LogP contribution is -2.11. The summed E-state index contributed by atoms with van der Waals surface area (Å²) < 4.78 is 5.25. The van der Waals surface area contributed by atoms with E-state index in [1.807, 2.05) is 6.92 Å². The van der Waals surface area contributed by atoms with Crippen LogP contribution < -0.4 is 0 Å². The highest BCUT2D eigenvalue weighted by atomic mass is 35.5. The SMILES string of the molecule is C=C(C)C(CCC(=CCO)CCl)OC. The molecule has 3 heteroatoms. The summed E-state index contributed by atoms with van der Waals surface area (Å²) in [5.41, 5.74) is 2.07. The van der Waals surface area contributed by atoms with E-state index in [4.69, 9.17) is 21.4 Å². The molecule has 2 nitrogen and oxygen atoms in total. The summed E-state index contributed by atoms with van der Waals surface area (Å²) in [6.07, 6.45) is 3.54. The quantitative estimate of drug-likeness (QED) is 0.526. The van der Waals surface area contributed by atoms with Gasteiger partial charge in [0.25, 0.3) is 0 Å². The Kier molecular flexibility index (Phi) is 7.86. The average Bonchev–Trinajstić information content (AvgIpc) is 2.16. The van der Waals surface area contributed by atoms with Gasteiger partial charge in [0.05, 0.1) is 12.7 Å². The highest BCUT2D eigenvalue weighted by Crippen LogP contribution is 2.15. The van der Waals surface area contributed by atoms with Crippen molar-refractivity contribution in [3.8, 4) is 0 Å². The van der Waals surface area contributed by atoms with Crippen LogP contribution in [0.25, 0.3) is 0 Å². The number of allylic oxidation sites excluding steroid dienone is 1. The standard InChI is InChI=1S/C11H19ClO2/c1-9(2)11(14-3)5-4-10(8-12)6-7-13/h6,11,13H,1,4-5,7-8H2,2-3H3. The maximum absolute atomic E-state index is 8.72. The zero-order valence-corrected chi connectivity index (χ0v) is 9.68. The fourth-order valence-corrected chi connectivity index (χ4v) is 1.48. The van der Waals surface area contributed by atoms with Gasteiger partial charge >= 0.3 is 0 Å². The number of aliphatic hydroxyl groups is 1. The highest BCUT2D eigenvalue weighted by molar-refractivity contribution is 6.19. The second-order valence-corrected chi connectivity index (χ2v) is 3.56. The summed E-state index contributed by atoms with van der Waals surface area (Å²) in [6.45, 7) is 5.85. The van der Waals surface area contributed by atoms with Crippen molar-refractivity contribution in [2.45, 2.75) is 25.9 Å². The number of aliphatic hydroxyl groups excluding tert-OH is 1. The van der Waals surface area contributed by atoms with Gasteiger partial charge in [0.15, 0.2) is 0 Å². The number of alkyl halides is 1. The van der Waals surface area contributed by atoms with E-state index in [9.17, 15) is 0 Å². The molecule has 14 heavy (non-hydrogen) atoms. The first-order chi connectivity index (χ1) is 6.65. The van der Waals surface area contributed by atoms with Gasteiger partial charge in [0.1, 0.15) is 0 Å². The van der Waals surface area contributed by atoms with Crippen molar-refractivity contribution in [2.75, 3.05) is 19.6 Å². The van der Waals surface area contributed by atoms with Gasteiger partial charge in [-0.25, -0.2) is 0 Å².